The van der Waals surface area contributed by atoms with Crippen LogP contribution in [0.25, 0.3) is 22.3 Å². The van der Waals surface area contributed by atoms with Crippen molar-refractivity contribution >= 4 is 66.5 Å². The van der Waals surface area contributed by atoms with Crippen LogP contribution in [0.2, 0.25) is 0 Å². The number of hydrogen-bond donors (Lipinski definition) is 0. The highest BCUT2D eigenvalue weighted by Gasteiger charge is 2.51. The van der Waals surface area contributed by atoms with Gasteiger partial charge in [0.1, 0.15) is 50.7 Å². The van der Waals surface area contributed by atoms with Gasteiger partial charge < -0.3 is 4.74 Å². The van der Waals surface area contributed by atoms with Crippen molar-refractivity contribution in [3.63, 3.8) is 0 Å². The van der Waals surface area contributed by atoms with E-state index < -0.39 is 5.41 Å². The fraction of sp³-hybridized carbons (Fsp3) is 0.0625. The molecule has 5 aromatic carbocycles. The quantitative estimate of drug-likeness (QED) is 0.285. The topological polar surface area (TPSA) is 9.23 Å². The van der Waals surface area contributed by atoms with Crippen LogP contribution in [0.5, 0.6) is 11.5 Å². The average molecular weight is 482 g/mol. The lowest BCUT2D eigenvalue weighted by Crippen LogP contribution is -2.55. The first kappa shape index (κ1) is 23.3. The average Bonchev–Trinajstić information content (AvgIpc) is 3.23. The van der Waals surface area contributed by atoms with Crippen LogP contribution in [0.4, 0.5) is 0 Å². The molecule has 6 heteroatoms. The summed E-state index contributed by atoms with van der Waals surface area (Å²) in [6.45, 7) is 2.23. The lowest BCUT2D eigenvalue weighted by Gasteiger charge is -2.40. The lowest BCUT2D eigenvalue weighted by molar-refractivity contribution is 0.438. The van der Waals surface area contributed by atoms with Crippen molar-refractivity contribution in [3.05, 3.63) is 113 Å². The third-order valence-corrected chi connectivity index (χ3v) is 9.36. The Hall–Kier alpha value is -3.78. The number of aryl methyl sites for hydroxylation is 1. The minimum Gasteiger partial charge on any atom is -0.456 e. The van der Waals surface area contributed by atoms with Gasteiger partial charge in [0.25, 0.3) is 0 Å². The Morgan fingerprint density at radius 3 is 1.63 bits per heavy atom. The van der Waals surface area contributed by atoms with Crippen LogP contribution < -0.4 is 32.1 Å². The predicted octanol–water partition coefficient (Wildman–Crippen LogP) is -0.577. The van der Waals surface area contributed by atoms with Gasteiger partial charge in [-0.05, 0) is 52.4 Å². The predicted molar refractivity (Wildman–Crippen MR) is 175 cm³/mol. The summed E-state index contributed by atoms with van der Waals surface area (Å²) in [7, 11) is 11.3. The van der Waals surface area contributed by atoms with Crippen LogP contribution in [0.3, 0.4) is 0 Å². The summed E-state index contributed by atoms with van der Waals surface area (Å²) < 4.78 is 6.95. The third-order valence-electron chi connectivity index (χ3n) is 9.36. The van der Waals surface area contributed by atoms with E-state index in [9.17, 15) is 0 Å². The standard InChI is InChI=1S/C32H27B5O/c1-16-14-19(25-26(33)28(35)30(37)29(36)27(25)34)31-23(15-16)32(22-12-6-7-13-24(22)38-31)20-10-4-2-8-17(20)18-9-3-5-11-21(18)32/h2-15H,33-37H2,1H3. The van der Waals surface area contributed by atoms with Crippen molar-refractivity contribution < 1.29 is 4.74 Å². The Bertz CT molecular complexity index is 1750. The maximum atomic E-state index is 6.95. The Morgan fingerprint density at radius 1 is 0.526 bits per heavy atom. The monoisotopic (exact) mass is 482 g/mol. The molecule has 0 saturated heterocycles. The fourth-order valence-electron chi connectivity index (χ4n) is 7.19. The zero-order chi connectivity index (χ0) is 26.3. The SMILES string of the molecule is Bc1c(B)c(B)c(-c2cc(C)cc3c2Oc2ccccc2C32c3ccccc3-c3ccccc32)c(B)c1B. The van der Waals surface area contributed by atoms with Crippen molar-refractivity contribution in [2.24, 2.45) is 0 Å². The van der Waals surface area contributed by atoms with Gasteiger partial charge in [0.15, 0.2) is 0 Å². The van der Waals surface area contributed by atoms with Gasteiger partial charge in [-0.15, -0.1) is 16.4 Å². The van der Waals surface area contributed by atoms with Gasteiger partial charge in [-0.3, -0.25) is 0 Å². The number of benzene rings is 5. The van der Waals surface area contributed by atoms with Crippen molar-refractivity contribution in [2.45, 2.75) is 12.3 Å². The molecule has 1 spiro atoms. The Morgan fingerprint density at radius 2 is 1.03 bits per heavy atom. The van der Waals surface area contributed by atoms with Gasteiger partial charge in [0.05, 0.1) is 5.41 Å². The van der Waals surface area contributed by atoms with Gasteiger partial charge in [0, 0.05) is 16.7 Å². The van der Waals surface area contributed by atoms with Gasteiger partial charge in [-0.1, -0.05) is 83.7 Å². The molecule has 0 N–H and O–H groups in total. The van der Waals surface area contributed by atoms with Gasteiger partial charge >= 0.3 is 0 Å². The third kappa shape index (κ3) is 2.84. The highest BCUT2D eigenvalue weighted by molar-refractivity contribution is 6.68. The minimum atomic E-state index is -0.436. The molecule has 0 fully saturated rings. The van der Waals surface area contributed by atoms with E-state index in [0.29, 0.717) is 0 Å². The molecule has 0 aromatic heterocycles. The van der Waals surface area contributed by atoms with E-state index in [4.69, 9.17) is 4.74 Å². The Balaban J connectivity index is 1.68. The van der Waals surface area contributed by atoms with E-state index in [2.05, 4.69) is 131 Å². The maximum Gasteiger partial charge on any atom is 0.140 e. The van der Waals surface area contributed by atoms with E-state index in [1.165, 1.54) is 77.4 Å². The van der Waals surface area contributed by atoms with Crippen LogP contribution in [-0.4, -0.2) is 39.2 Å². The van der Waals surface area contributed by atoms with E-state index in [0.717, 1.165) is 11.5 Å². The molecule has 176 valence electrons. The van der Waals surface area contributed by atoms with Crippen LogP contribution in [0, 0.1) is 6.92 Å². The minimum absolute atomic E-state index is 0.436. The van der Waals surface area contributed by atoms with Crippen LogP contribution in [0.1, 0.15) is 27.8 Å². The summed E-state index contributed by atoms with van der Waals surface area (Å²) >= 11 is 0. The molecule has 2 aliphatic rings. The highest BCUT2D eigenvalue weighted by atomic mass is 16.5. The van der Waals surface area contributed by atoms with Crippen LogP contribution in [-0.2, 0) is 5.41 Å². The molecule has 0 atom stereocenters. The molecular formula is C32H27B5O. The summed E-state index contributed by atoms with van der Waals surface area (Å²) in [6.07, 6.45) is 0. The van der Waals surface area contributed by atoms with E-state index in [-0.39, 0.29) is 0 Å². The second-order valence-corrected chi connectivity index (χ2v) is 11.1. The first-order valence-electron chi connectivity index (χ1n) is 13.5. The van der Waals surface area contributed by atoms with Crippen molar-refractivity contribution in [2.75, 3.05) is 0 Å². The number of para-hydroxylation sites is 1. The van der Waals surface area contributed by atoms with Crippen LogP contribution >= 0.6 is 0 Å². The molecule has 1 heterocycles. The highest BCUT2D eigenvalue weighted by Crippen LogP contribution is 2.63. The maximum absolute atomic E-state index is 6.95. The molecule has 1 aliphatic carbocycles. The zero-order valence-corrected chi connectivity index (χ0v) is 23.0. The van der Waals surface area contributed by atoms with Gasteiger partial charge in [-0.2, -0.15) is 0 Å². The normalized spacial score (nSPS) is 13.8. The smallest absolute Gasteiger partial charge is 0.140 e. The summed E-state index contributed by atoms with van der Waals surface area (Å²) in [5.74, 6) is 1.92. The second-order valence-electron chi connectivity index (χ2n) is 11.1. The molecule has 1 aliphatic heterocycles. The molecule has 1 nitrogen and oxygen atoms in total. The van der Waals surface area contributed by atoms with E-state index in [1.54, 1.807) is 0 Å². The summed E-state index contributed by atoms with van der Waals surface area (Å²) in [6, 6.07) is 31.2. The van der Waals surface area contributed by atoms with E-state index in [1.807, 2.05) is 0 Å². The van der Waals surface area contributed by atoms with Crippen molar-refractivity contribution in [3.8, 4) is 33.8 Å². The first-order valence-corrected chi connectivity index (χ1v) is 13.5. The molecule has 38 heavy (non-hydrogen) atoms. The number of rotatable bonds is 1. The van der Waals surface area contributed by atoms with Crippen LogP contribution in [0.15, 0.2) is 84.9 Å². The van der Waals surface area contributed by atoms with E-state index >= 15 is 0 Å². The largest absolute Gasteiger partial charge is 0.456 e. The zero-order valence-electron chi connectivity index (χ0n) is 23.0. The number of ether oxygens (including phenoxy) is 1. The first-order chi connectivity index (χ1) is 18.4. The molecule has 0 bridgehead atoms. The second kappa shape index (κ2) is 8.11. The lowest BCUT2D eigenvalue weighted by atomic mass is 9.59. The van der Waals surface area contributed by atoms with Crippen molar-refractivity contribution in [1.29, 1.82) is 0 Å². The number of hydrogen-bond acceptors (Lipinski definition) is 1. The number of fused-ring (bicyclic) bond motifs is 9. The van der Waals surface area contributed by atoms with Gasteiger partial charge in [-0.25, -0.2) is 0 Å². The molecule has 7 rings (SSSR count). The summed E-state index contributed by atoms with van der Waals surface area (Å²) in [4.78, 5) is 0. The molecule has 0 saturated carbocycles. The Kier molecular flexibility index (Phi) is 4.98. The molecule has 0 radical (unpaired) electrons. The molecule has 0 unspecified atom stereocenters. The Labute approximate surface area is 229 Å². The molecule has 5 aromatic rings. The molecular weight excluding hydrogens is 454 g/mol. The fourth-order valence-corrected chi connectivity index (χ4v) is 7.19. The van der Waals surface area contributed by atoms with Crippen molar-refractivity contribution in [1.82, 2.24) is 0 Å². The molecule has 0 amide bonds. The summed E-state index contributed by atoms with van der Waals surface area (Å²) in [5, 5.41) is 0. The summed E-state index contributed by atoms with van der Waals surface area (Å²) in [5.41, 5.74) is 17.8. The van der Waals surface area contributed by atoms with Gasteiger partial charge in [0.2, 0.25) is 0 Å².